The van der Waals surface area contributed by atoms with E-state index in [0.717, 1.165) is 12.8 Å². The number of anilines is 2. The van der Waals surface area contributed by atoms with Gasteiger partial charge in [-0.25, -0.2) is 0 Å². The maximum absolute atomic E-state index is 13.7. The second-order valence-corrected chi connectivity index (χ2v) is 13.6. The molecule has 3 saturated heterocycles. The Labute approximate surface area is 266 Å². The molecule has 2 aromatic rings. The van der Waals surface area contributed by atoms with Gasteiger partial charge in [-0.3, -0.25) is 24.4 Å². The largest absolute Gasteiger partial charge is 0.375 e. The molecule has 13 nitrogen and oxygen atoms in total. The first-order valence-electron chi connectivity index (χ1n) is 14.5. The number of nitro groups is 1. The van der Waals surface area contributed by atoms with Crippen LogP contribution in [0.1, 0.15) is 63.4 Å². The maximum Gasteiger partial charge on any atom is 0.294 e. The number of rotatable bonds is 7. The lowest BCUT2D eigenvalue weighted by atomic mass is 10.0. The molecule has 5 rings (SSSR count). The Morgan fingerprint density at radius 1 is 1.05 bits per heavy atom. The van der Waals surface area contributed by atoms with E-state index in [1.807, 2.05) is 38.6 Å². The fourth-order valence-corrected chi connectivity index (χ4v) is 7.09. The number of morpholine rings is 1. The zero-order valence-electron chi connectivity index (χ0n) is 24.5. The third kappa shape index (κ3) is 7.39. The molecule has 3 N–H and O–H groups in total. The molecule has 4 heterocycles. The van der Waals surface area contributed by atoms with Crippen molar-refractivity contribution in [3.63, 3.8) is 0 Å². The van der Waals surface area contributed by atoms with E-state index in [-0.39, 0.29) is 65.3 Å². The van der Waals surface area contributed by atoms with Crippen molar-refractivity contribution < 1.29 is 24.0 Å². The van der Waals surface area contributed by atoms with Crippen LogP contribution in [0.4, 0.5) is 17.2 Å². The molecule has 15 heteroatoms. The van der Waals surface area contributed by atoms with Crippen LogP contribution in [0.2, 0.25) is 0 Å². The molecule has 7 atom stereocenters. The van der Waals surface area contributed by atoms with Gasteiger partial charge < -0.3 is 30.3 Å². The van der Waals surface area contributed by atoms with Crippen molar-refractivity contribution in [1.82, 2.24) is 20.0 Å². The molecular formula is C28H37Br2N7O6. The van der Waals surface area contributed by atoms with Gasteiger partial charge in [0.05, 0.1) is 51.5 Å². The molecular weight excluding hydrogens is 690 g/mol. The normalized spacial score (nSPS) is 29.3. The molecule has 0 saturated carbocycles. The van der Waals surface area contributed by atoms with Gasteiger partial charge in [0.2, 0.25) is 5.91 Å². The lowest BCUT2D eigenvalue weighted by Gasteiger charge is -2.35. The number of hydrogen-bond donors (Lipinski definition) is 3. The summed E-state index contributed by atoms with van der Waals surface area (Å²) < 4.78 is 14.6. The van der Waals surface area contributed by atoms with E-state index in [1.54, 1.807) is 11.0 Å². The van der Waals surface area contributed by atoms with Gasteiger partial charge in [0.1, 0.15) is 5.69 Å². The number of carbonyl (C=O) groups is 2. The van der Waals surface area contributed by atoms with Crippen molar-refractivity contribution in [3.05, 3.63) is 43.0 Å². The van der Waals surface area contributed by atoms with Gasteiger partial charge in [-0.05, 0) is 69.0 Å². The number of nitrogens with zero attached hydrogens (tertiary/aromatic N) is 4. The van der Waals surface area contributed by atoms with Crippen LogP contribution in [-0.2, 0) is 14.3 Å². The number of benzene rings is 1. The highest BCUT2D eigenvalue weighted by Crippen LogP contribution is 2.36. The molecule has 3 aliphatic heterocycles. The first kappa shape index (κ1) is 31.8. The molecule has 3 fully saturated rings. The van der Waals surface area contributed by atoms with E-state index >= 15 is 0 Å². The highest BCUT2D eigenvalue weighted by Gasteiger charge is 2.35. The van der Waals surface area contributed by atoms with E-state index < -0.39 is 11.0 Å². The second kappa shape index (κ2) is 13.2. The third-order valence-electron chi connectivity index (χ3n) is 7.99. The standard InChI is InChI=1S/C28H37Br2N7O6/c1-14-5-20(6-15(2)42-14)36-13-22(30)26(34-36)33-27(38)23-9-19(10-31-23)32-25-21(7-18(29)8-24(25)37(40)41)28(39)35-11-16(3)43-17(4)12-35/h7-8,13-17,19-20,23,31-32H,5-6,9-12H2,1-4H3,(H,33,34,38)/t14-,15+,16-,17+,19-,20?,23+/m1/s1. The fraction of sp³-hybridized carbons (Fsp3) is 0.607. The summed E-state index contributed by atoms with van der Waals surface area (Å²) in [7, 11) is 0. The molecule has 0 bridgehead atoms. The Hall–Kier alpha value is -2.59. The number of ether oxygens (including phenoxy) is 2. The second-order valence-electron chi connectivity index (χ2n) is 11.8. The van der Waals surface area contributed by atoms with E-state index in [9.17, 15) is 19.7 Å². The van der Waals surface area contributed by atoms with Crippen LogP contribution in [0.5, 0.6) is 0 Å². The smallest absolute Gasteiger partial charge is 0.294 e. The van der Waals surface area contributed by atoms with Gasteiger partial charge in [0.15, 0.2) is 5.82 Å². The van der Waals surface area contributed by atoms with Crippen LogP contribution in [-0.4, -0.2) is 87.6 Å². The quantitative estimate of drug-likeness (QED) is 0.277. The van der Waals surface area contributed by atoms with Crippen LogP contribution in [0, 0.1) is 10.1 Å². The minimum atomic E-state index is -0.563. The number of halogens is 2. The molecule has 234 valence electrons. The summed E-state index contributed by atoms with van der Waals surface area (Å²) in [6.45, 7) is 9.02. The Kier molecular flexibility index (Phi) is 9.76. The molecule has 43 heavy (non-hydrogen) atoms. The van der Waals surface area contributed by atoms with Crippen molar-refractivity contribution in [1.29, 1.82) is 0 Å². The average Bonchev–Trinajstić information content (AvgIpc) is 3.54. The highest BCUT2D eigenvalue weighted by molar-refractivity contribution is 9.10. The molecule has 3 aliphatic rings. The van der Waals surface area contributed by atoms with E-state index in [1.165, 1.54) is 6.07 Å². The van der Waals surface area contributed by atoms with Gasteiger partial charge in [-0.15, -0.1) is 0 Å². The first-order valence-corrected chi connectivity index (χ1v) is 16.1. The molecule has 0 aliphatic carbocycles. The number of nitro benzene ring substituents is 1. The van der Waals surface area contributed by atoms with Crippen molar-refractivity contribution in [2.45, 2.75) is 89.5 Å². The number of aromatic nitrogens is 2. The monoisotopic (exact) mass is 725 g/mol. The molecule has 0 spiro atoms. The Morgan fingerprint density at radius 3 is 2.35 bits per heavy atom. The van der Waals surface area contributed by atoms with Crippen LogP contribution in [0.15, 0.2) is 27.3 Å². The third-order valence-corrected chi connectivity index (χ3v) is 9.03. The van der Waals surface area contributed by atoms with Gasteiger partial charge >= 0.3 is 0 Å². The highest BCUT2D eigenvalue weighted by atomic mass is 79.9. The van der Waals surface area contributed by atoms with Gasteiger partial charge in [-0.1, -0.05) is 15.9 Å². The van der Waals surface area contributed by atoms with Crippen molar-refractivity contribution >= 4 is 60.9 Å². The summed E-state index contributed by atoms with van der Waals surface area (Å²) in [6, 6.07) is 2.25. The van der Waals surface area contributed by atoms with Gasteiger partial charge in [0.25, 0.3) is 11.6 Å². The van der Waals surface area contributed by atoms with Crippen molar-refractivity contribution in [2.75, 3.05) is 30.3 Å². The minimum Gasteiger partial charge on any atom is -0.375 e. The van der Waals surface area contributed by atoms with Crippen molar-refractivity contribution in [3.8, 4) is 0 Å². The van der Waals surface area contributed by atoms with Gasteiger partial charge in [0, 0.05) is 42.4 Å². The van der Waals surface area contributed by atoms with Gasteiger partial charge in [-0.2, -0.15) is 5.10 Å². The summed E-state index contributed by atoms with van der Waals surface area (Å²) in [4.78, 5) is 40.1. The number of nitrogens with one attached hydrogen (secondary N) is 3. The SMILES string of the molecule is C[C@@H]1CC(n2cc(Br)c(NC(=O)[C@@H]3C[C@@H](Nc4c(C(=O)N5C[C@@H](C)O[C@@H](C)C5)cc(Br)cc4[N+](=O)[O-])CN3)n2)C[C@H](C)O1. The lowest BCUT2D eigenvalue weighted by molar-refractivity contribution is -0.384. The average molecular weight is 727 g/mol. The van der Waals surface area contributed by atoms with Crippen LogP contribution >= 0.6 is 31.9 Å². The number of hydrogen-bond acceptors (Lipinski definition) is 9. The maximum atomic E-state index is 13.7. The predicted molar refractivity (Wildman–Crippen MR) is 167 cm³/mol. The van der Waals surface area contributed by atoms with Crippen LogP contribution in [0.25, 0.3) is 0 Å². The zero-order chi connectivity index (χ0) is 31.0. The molecule has 1 aromatic heterocycles. The fourth-order valence-electron chi connectivity index (χ4n) is 6.25. The van der Waals surface area contributed by atoms with Crippen LogP contribution in [0.3, 0.4) is 0 Å². The Morgan fingerprint density at radius 2 is 1.70 bits per heavy atom. The summed E-state index contributed by atoms with van der Waals surface area (Å²) in [6.07, 6.45) is 3.84. The predicted octanol–water partition coefficient (Wildman–Crippen LogP) is 4.48. The molecule has 1 aromatic carbocycles. The summed E-state index contributed by atoms with van der Waals surface area (Å²) >= 11 is 6.85. The topological polar surface area (TPSA) is 153 Å². The minimum absolute atomic E-state index is 0.125. The summed E-state index contributed by atoms with van der Waals surface area (Å²) in [5, 5.41) is 26.0. The first-order chi connectivity index (χ1) is 20.4. The van der Waals surface area contributed by atoms with E-state index in [0.29, 0.717) is 40.8 Å². The number of carbonyl (C=O) groups excluding carboxylic acids is 2. The van der Waals surface area contributed by atoms with E-state index in [4.69, 9.17) is 9.47 Å². The van der Waals surface area contributed by atoms with Crippen LogP contribution < -0.4 is 16.0 Å². The molecule has 2 amide bonds. The Balaban J connectivity index is 1.28. The van der Waals surface area contributed by atoms with Crippen molar-refractivity contribution in [2.24, 2.45) is 0 Å². The lowest BCUT2D eigenvalue weighted by Crippen LogP contribution is -2.48. The zero-order valence-corrected chi connectivity index (χ0v) is 27.7. The Bertz CT molecular complexity index is 1370. The number of amides is 2. The summed E-state index contributed by atoms with van der Waals surface area (Å²) in [5.74, 6) is -0.148. The molecule has 0 radical (unpaired) electrons. The van der Waals surface area contributed by atoms with E-state index in [2.05, 4.69) is 52.9 Å². The molecule has 1 unspecified atom stereocenters. The summed E-state index contributed by atoms with van der Waals surface area (Å²) in [5.41, 5.74) is 0.118.